The lowest BCUT2D eigenvalue weighted by molar-refractivity contribution is 0.108. The summed E-state index contributed by atoms with van der Waals surface area (Å²) in [4.78, 5) is 0. The Morgan fingerprint density at radius 3 is 2.44 bits per heavy atom. The Kier molecular flexibility index (Phi) is 3.18. The molecule has 1 atom stereocenters. The Balaban J connectivity index is 2.24. The number of rotatable bonds is 2. The normalized spacial score (nSPS) is 24.7. The maximum Gasteiger partial charge on any atom is 0.0980 e. The van der Waals surface area contributed by atoms with Crippen molar-refractivity contribution in [2.75, 3.05) is 18.1 Å². The summed E-state index contributed by atoms with van der Waals surface area (Å²) >= 11 is 3.46. The van der Waals surface area contributed by atoms with E-state index in [9.17, 15) is 0 Å². The average molecular weight is 166 g/mol. The predicted octanol–water partition coefficient (Wildman–Crippen LogP) is 0.146. The highest BCUT2D eigenvalue weighted by atomic mass is 32.2. The van der Waals surface area contributed by atoms with Crippen molar-refractivity contribution < 1.29 is 10.2 Å². The van der Waals surface area contributed by atoms with Gasteiger partial charge in [-0.1, -0.05) is 0 Å². The molecule has 0 radical (unpaired) electrons. The van der Waals surface area contributed by atoms with Crippen LogP contribution in [0.5, 0.6) is 0 Å². The zero-order valence-corrected chi connectivity index (χ0v) is 6.62. The van der Waals surface area contributed by atoms with Crippen molar-refractivity contribution in [2.24, 2.45) is 0 Å². The highest BCUT2D eigenvalue weighted by Gasteiger charge is 2.23. The molecule has 0 aliphatic carbocycles. The quantitative estimate of drug-likeness (QED) is 0.612. The lowest BCUT2D eigenvalue weighted by Gasteiger charge is -2.12. The first-order chi connectivity index (χ1) is 4.34. The molecule has 0 aromatic rings. The van der Waals surface area contributed by atoms with Gasteiger partial charge in [0.2, 0.25) is 0 Å². The maximum absolute atomic E-state index is 9.07. The van der Waals surface area contributed by atoms with E-state index in [1.165, 1.54) is 0 Å². The predicted molar refractivity (Wildman–Crippen MR) is 41.8 cm³/mol. The van der Waals surface area contributed by atoms with E-state index in [2.05, 4.69) is 0 Å². The molecule has 2 nitrogen and oxygen atoms in total. The topological polar surface area (TPSA) is 40.5 Å². The number of hydrogen-bond acceptors (Lipinski definition) is 4. The van der Waals surface area contributed by atoms with Crippen LogP contribution in [0.15, 0.2) is 0 Å². The molecule has 1 heterocycles. The molecule has 1 aliphatic rings. The minimum Gasteiger partial charge on any atom is -0.394 e. The third-order valence-electron chi connectivity index (χ3n) is 1.15. The van der Waals surface area contributed by atoms with E-state index in [1.54, 1.807) is 23.5 Å². The summed E-state index contributed by atoms with van der Waals surface area (Å²) in [5.74, 6) is 2.21. The standard InChI is InChI=1S/C5H10O2S2/c6-3-4(7)5-8-1-2-9-5/h4-7H,1-3H2/t4-/m1/s1. The fraction of sp³-hybridized carbons (Fsp3) is 1.00. The van der Waals surface area contributed by atoms with E-state index in [-0.39, 0.29) is 11.2 Å². The molecule has 0 aromatic carbocycles. The molecule has 0 amide bonds. The van der Waals surface area contributed by atoms with Gasteiger partial charge in [-0.15, -0.1) is 23.5 Å². The zero-order chi connectivity index (χ0) is 6.69. The van der Waals surface area contributed by atoms with Crippen LogP contribution in [0.3, 0.4) is 0 Å². The molecule has 2 N–H and O–H groups in total. The van der Waals surface area contributed by atoms with Gasteiger partial charge in [-0.25, -0.2) is 0 Å². The lowest BCUT2D eigenvalue weighted by Crippen LogP contribution is -2.21. The SMILES string of the molecule is OC[C@@H](O)C1SCCS1. The fourth-order valence-electron chi connectivity index (χ4n) is 0.685. The Hall–Kier alpha value is 0.620. The molecule has 0 spiro atoms. The van der Waals surface area contributed by atoms with Crippen LogP contribution in [0.4, 0.5) is 0 Å². The van der Waals surface area contributed by atoms with Crippen LogP contribution >= 0.6 is 23.5 Å². The van der Waals surface area contributed by atoms with Crippen LogP contribution in [0.1, 0.15) is 0 Å². The van der Waals surface area contributed by atoms with Crippen molar-refractivity contribution in [1.82, 2.24) is 0 Å². The monoisotopic (exact) mass is 166 g/mol. The van der Waals surface area contributed by atoms with Gasteiger partial charge in [-0.2, -0.15) is 0 Å². The van der Waals surface area contributed by atoms with Crippen molar-refractivity contribution in [3.63, 3.8) is 0 Å². The van der Waals surface area contributed by atoms with E-state index in [0.29, 0.717) is 0 Å². The molecule has 9 heavy (non-hydrogen) atoms. The molecule has 4 heteroatoms. The summed E-state index contributed by atoms with van der Waals surface area (Å²) in [6.45, 7) is -0.106. The Bertz CT molecular complexity index is 83.0. The van der Waals surface area contributed by atoms with E-state index < -0.39 is 6.10 Å². The molecule has 0 unspecified atom stereocenters. The van der Waals surface area contributed by atoms with Crippen molar-refractivity contribution in [3.05, 3.63) is 0 Å². The average Bonchev–Trinajstić information content (AvgIpc) is 2.37. The van der Waals surface area contributed by atoms with Gasteiger partial charge in [0, 0.05) is 11.5 Å². The van der Waals surface area contributed by atoms with Gasteiger partial charge in [0.05, 0.1) is 17.3 Å². The number of aliphatic hydroxyl groups is 2. The first kappa shape index (κ1) is 7.72. The van der Waals surface area contributed by atoms with Gasteiger partial charge in [0.25, 0.3) is 0 Å². The van der Waals surface area contributed by atoms with Crippen LogP contribution in [0, 0.1) is 0 Å². The highest BCUT2D eigenvalue weighted by Crippen LogP contribution is 2.33. The van der Waals surface area contributed by atoms with E-state index in [0.717, 1.165) is 11.5 Å². The van der Waals surface area contributed by atoms with Crippen molar-refractivity contribution >= 4 is 23.5 Å². The number of thioether (sulfide) groups is 2. The molecule has 54 valence electrons. The fourth-order valence-corrected chi connectivity index (χ4v) is 3.50. The Labute approximate surface area is 63.0 Å². The summed E-state index contributed by atoms with van der Waals surface area (Å²) in [6.07, 6.45) is -0.525. The molecule has 0 saturated carbocycles. The second kappa shape index (κ2) is 3.71. The lowest BCUT2D eigenvalue weighted by atomic mass is 10.4. The maximum atomic E-state index is 9.07. The summed E-state index contributed by atoms with van der Waals surface area (Å²) < 4.78 is 0.218. The van der Waals surface area contributed by atoms with E-state index >= 15 is 0 Å². The Morgan fingerprint density at radius 2 is 2.00 bits per heavy atom. The van der Waals surface area contributed by atoms with Gasteiger partial charge < -0.3 is 10.2 Å². The summed E-state index contributed by atoms with van der Waals surface area (Å²) in [7, 11) is 0. The highest BCUT2D eigenvalue weighted by molar-refractivity contribution is 8.20. The van der Waals surface area contributed by atoms with Crippen LogP contribution in [0.2, 0.25) is 0 Å². The van der Waals surface area contributed by atoms with E-state index in [4.69, 9.17) is 10.2 Å². The second-order valence-electron chi connectivity index (χ2n) is 1.86. The van der Waals surface area contributed by atoms with Crippen molar-refractivity contribution in [1.29, 1.82) is 0 Å². The molecule has 1 rings (SSSR count). The van der Waals surface area contributed by atoms with Gasteiger partial charge in [0.15, 0.2) is 0 Å². The van der Waals surface area contributed by atoms with Gasteiger partial charge in [0.1, 0.15) is 0 Å². The first-order valence-corrected chi connectivity index (χ1v) is 4.96. The summed E-state index contributed by atoms with van der Waals surface area (Å²) in [5, 5.41) is 17.6. The van der Waals surface area contributed by atoms with Crippen molar-refractivity contribution in [3.8, 4) is 0 Å². The molecular weight excluding hydrogens is 156 g/mol. The molecule has 1 fully saturated rings. The third-order valence-corrected chi connectivity index (χ3v) is 4.39. The van der Waals surface area contributed by atoms with Crippen LogP contribution in [0.25, 0.3) is 0 Å². The minimum absolute atomic E-state index is 0.106. The van der Waals surface area contributed by atoms with Crippen LogP contribution < -0.4 is 0 Å². The van der Waals surface area contributed by atoms with E-state index in [1.807, 2.05) is 0 Å². The third kappa shape index (κ3) is 2.04. The van der Waals surface area contributed by atoms with Crippen molar-refractivity contribution in [2.45, 2.75) is 10.7 Å². The Morgan fingerprint density at radius 1 is 1.44 bits per heavy atom. The van der Waals surface area contributed by atoms with Gasteiger partial charge in [-0.05, 0) is 0 Å². The first-order valence-electron chi connectivity index (χ1n) is 2.86. The summed E-state index contributed by atoms with van der Waals surface area (Å²) in [6, 6.07) is 0. The molecular formula is C5H10O2S2. The molecule has 1 aliphatic heterocycles. The van der Waals surface area contributed by atoms with Gasteiger partial charge in [-0.3, -0.25) is 0 Å². The van der Waals surface area contributed by atoms with Crippen LogP contribution in [-0.2, 0) is 0 Å². The number of hydrogen-bond donors (Lipinski definition) is 2. The van der Waals surface area contributed by atoms with Gasteiger partial charge >= 0.3 is 0 Å². The largest absolute Gasteiger partial charge is 0.394 e. The molecule has 1 saturated heterocycles. The second-order valence-corrected chi connectivity index (χ2v) is 4.66. The zero-order valence-electron chi connectivity index (χ0n) is 4.99. The van der Waals surface area contributed by atoms with Crippen LogP contribution in [-0.4, -0.2) is 39.0 Å². The molecule has 0 bridgehead atoms. The number of aliphatic hydroxyl groups excluding tert-OH is 2. The minimum atomic E-state index is -0.525. The summed E-state index contributed by atoms with van der Waals surface area (Å²) in [5.41, 5.74) is 0. The molecule has 0 aromatic heterocycles. The smallest absolute Gasteiger partial charge is 0.0980 e.